The molecule has 0 spiro atoms. The second-order valence-corrected chi connectivity index (χ2v) is 9.14. The summed E-state index contributed by atoms with van der Waals surface area (Å²) in [5.41, 5.74) is 3.16. The Morgan fingerprint density at radius 3 is 2.23 bits per heavy atom. The third-order valence-corrected chi connectivity index (χ3v) is 6.73. The van der Waals surface area contributed by atoms with Crippen LogP contribution in [0.25, 0.3) is 0 Å². The van der Waals surface area contributed by atoms with Crippen molar-refractivity contribution in [1.82, 2.24) is 10.7 Å². The number of hydrogen-bond donors (Lipinski definition) is 2. The molecule has 1 aromatic carbocycles. The molecule has 26 heavy (non-hydrogen) atoms. The zero-order valence-electron chi connectivity index (χ0n) is 14.7. The van der Waals surface area contributed by atoms with Crippen LogP contribution < -0.4 is 10.7 Å². The van der Waals surface area contributed by atoms with Crippen molar-refractivity contribution in [3.8, 4) is 0 Å². The van der Waals surface area contributed by atoms with Gasteiger partial charge in [-0.05, 0) is 74.0 Å². The van der Waals surface area contributed by atoms with Crippen LogP contribution in [0.1, 0.15) is 44.1 Å². The first kappa shape index (κ1) is 17.7. The van der Waals surface area contributed by atoms with Crippen LogP contribution in [0.2, 0.25) is 0 Å². The second kappa shape index (κ2) is 7.14. The van der Waals surface area contributed by atoms with Crippen LogP contribution in [0.15, 0.2) is 33.8 Å². The fourth-order valence-electron chi connectivity index (χ4n) is 5.50. The summed E-state index contributed by atoms with van der Waals surface area (Å²) >= 11 is 3.37. The molecule has 0 aliphatic heterocycles. The van der Waals surface area contributed by atoms with E-state index in [1.807, 2.05) is 24.3 Å². The van der Waals surface area contributed by atoms with Gasteiger partial charge < -0.3 is 5.32 Å². The number of nitrogens with zero attached hydrogens (tertiary/aromatic N) is 1. The summed E-state index contributed by atoms with van der Waals surface area (Å²) in [5.74, 6) is 1.93. The van der Waals surface area contributed by atoms with E-state index >= 15 is 0 Å². The molecule has 4 aliphatic rings. The van der Waals surface area contributed by atoms with E-state index in [1.165, 1.54) is 19.3 Å². The summed E-state index contributed by atoms with van der Waals surface area (Å²) in [7, 11) is 0. The van der Waals surface area contributed by atoms with Gasteiger partial charge in [-0.3, -0.25) is 9.59 Å². The Morgan fingerprint density at radius 1 is 1.08 bits per heavy atom. The highest BCUT2D eigenvalue weighted by Gasteiger charge is 2.54. The zero-order valence-corrected chi connectivity index (χ0v) is 16.3. The van der Waals surface area contributed by atoms with Crippen LogP contribution in [-0.4, -0.2) is 24.6 Å². The molecule has 0 radical (unpaired) electrons. The molecule has 138 valence electrons. The van der Waals surface area contributed by atoms with Gasteiger partial charge in [-0.2, -0.15) is 5.10 Å². The number of carbonyl (C=O) groups is 2. The summed E-state index contributed by atoms with van der Waals surface area (Å²) in [6.45, 7) is -0.0156. The summed E-state index contributed by atoms with van der Waals surface area (Å²) < 4.78 is 0.992. The van der Waals surface area contributed by atoms with Gasteiger partial charge in [0.15, 0.2) is 0 Å². The summed E-state index contributed by atoms with van der Waals surface area (Å²) in [6.07, 6.45) is 8.52. The molecule has 5 rings (SSSR count). The Morgan fingerprint density at radius 2 is 1.65 bits per heavy atom. The number of amides is 2. The van der Waals surface area contributed by atoms with Crippen LogP contribution in [0.3, 0.4) is 0 Å². The van der Waals surface area contributed by atoms with Gasteiger partial charge in [-0.1, -0.05) is 28.1 Å². The van der Waals surface area contributed by atoms with Crippen molar-refractivity contribution < 1.29 is 9.59 Å². The maximum atomic E-state index is 12.8. The molecule has 4 bridgehead atoms. The van der Waals surface area contributed by atoms with Gasteiger partial charge in [-0.15, -0.1) is 0 Å². The predicted octanol–water partition coefficient (Wildman–Crippen LogP) is 3.23. The largest absolute Gasteiger partial charge is 0.346 e. The van der Waals surface area contributed by atoms with E-state index in [1.54, 1.807) is 6.21 Å². The minimum absolute atomic E-state index is 0.0156. The fourth-order valence-corrected chi connectivity index (χ4v) is 5.77. The standard InChI is InChI=1S/C20H24BrN3O2/c21-17-3-1-13(2-4-17)11-23-24-18(25)12-22-19(26)20-8-14-5-15(9-20)7-16(6-14)10-20/h1-4,11,14-16H,5-10,12H2,(H,22,26)(H,24,25). The monoisotopic (exact) mass is 417 g/mol. The lowest BCUT2D eigenvalue weighted by Crippen LogP contribution is -2.54. The quantitative estimate of drug-likeness (QED) is 0.570. The van der Waals surface area contributed by atoms with Crippen molar-refractivity contribution in [2.75, 3.05) is 6.54 Å². The smallest absolute Gasteiger partial charge is 0.259 e. The van der Waals surface area contributed by atoms with E-state index in [4.69, 9.17) is 0 Å². The number of benzene rings is 1. The van der Waals surface area contributed by atoms with Gasteiger partial charge in [0.05, 0.1) is 12.8 Å². The Hall–Kier alpha value is -1.69. The highest BCUT2D eigenvalue weighted by Crippen LogP contribution is 2.60. The maximum absolute atomic E-state index is 12.8. The lowest BCUT2D eigenvalue weighted by atomic mass is 9.49. The first-order valence-electron chi connectivity index (χ1n) is 9.38. The summed E-state index contributed by atoms with van der Waals surface area (Å²) in [4.78, 5) is 24.8. The molecule has 0 saturated heterocycles. The summed E-state index contributed by atoms with van der Waals surface area (Å²) in [6, 6.07) is 7.62. The average Bonchev–Trinajstić information content (AvgIpc) is 2.60. The second-order valence-electron chi connectivity index (χ2n) is 8.23. The Kier molecular flexibility index (Phi) is 4.86. The molecule has 2 N–H and O–H groups in total. The number of hydrazone groups is 1. The van der Waals surface area contributed by atoms with Crippen molar-refractivity contribution in [2.45, 2.75) is 38.5 Å². The van der Waals surface area contributed by atoms with Crippen molar-refractivity contribution in [3.05, 3.63) is 34.3 Å². The van der Waals surface area contributed by atoms with E-state index in [9.17, 15) is 9.59 Å². The lowest BCUT2D eigenvalue weighted by Gasteiger charge is -2.55. The highest BCUT2D eigenvalue weighted by atomic mass is 79.9. The van der Waals surface area contributed by atoms with Crippen LogP contribution in [0, 0.1) is 23.2 Å². The number of nitrogens with one attached hydrogen (secondary N) is 2. The van der Waals surface area contributed by atoms with Crippen molar-refractivity contribution in [1.29, 1.82) is 0 Å². The number of carbonyl (C=O) groups excluding carboxylic acids is 2. The molecule has 0 unspecified atom stereocenters. The van der Waals surface area contributed by atoms with Crippen LogP contribution in [0.5, 0.6) is 0 Å². The minimum atomic E-state index is -0.295. The van der Waals surface area contributed by atoms with E-state index in [2.05, 4.69) is 31.8 Å². The van der Waals surface area contributed by atoms with Crippen LogP contribution in [-0.2, 0) is 9.59 Å². The predicted molar refractivity (Wildman–Crippen MR) is 103 cm³/mol. The molecular formula is C20H24BrN3O2. The molecule has 6 heteroatoms. The molecule has 4 saturated carbocycles. The first-order chi connectivity index (χ1) is 12.5. The number of halogens is 1. The average molecular weight is 418 g/mol. The molecule has 0 heterocycles. The van der Waals surface area contributed by atoms with Gasteiger partial charge >= 0.3 is 0 Å². The molecular weight excluding hydrogens is 394 g/mol. The molecule has 0 atom stereocenters. The number of hydrogen-bond acceptors (Lipinski definition) is 3. The number of rotatable bonds is 5. The van der Waals surface area contributed by atoms with E-state index < -0.39 is 0 Å². The molecule has 4 aliphatic carbocycles. The highest BCUT2D eigenvalue weighted by molar-refractivity contribution is 9.10. The molecule has 1 aromatic rings. The first-order valence-corrected chi connectivity index (χ1v) is 10.2. The summed E-state index contributed by atoms with van der Waals surface area (Å²) in [5, 5.41) is 6.81. The third kappa shape index (κ3) is 3.70. The van der Waals surface area contributed by atoms with Crippen LogP contribution in [0.4, 0.5) is 0 Å². The van der Waals surface area contributed by atoms with Crippen LogP contribution >= 0.6 is 15.9 Å². The molecule has 2 amide bonds. The van der Waals surface area contributed by atoms with Gasteiger partial charge in [0.25, 0.3) is 5.91 Å². The normalized spacial score (nSPS) is 32.0. The molecule has 5 nitrogen and oxygen atoms in total. The van der Waals surface area contributed by atoms with Crippen molar-refractivity contribution in [2.24, 2.45) is 28.3 Å². The Balaban J connectivity index is 1.26. The van der Waals surface area contributed by atoms with Crippen molar-refractivity contribution in [3.63, 3.8) is 0 Å². The minimum Gasteiger partial charge on any atom is -0.346 e. The Bertz CT molecular complexity index is 694. The Labute approximate surface area is 162 Å². The van der Waals surface area contributed by atoms with E-state index in [-0.39, 0.29) is 23.8 Å². The zero-order chi connectivity index (χ0) is 18.1. The van der Waals surface area contributed by atoms with E-state index in [0.717, 1.165) is 47.1 Å². The fraction of sp³-hybridized carbons (Fsp3) is 0.550. The van der Waals surface area contributed by atoms with Gasteiger partial charge in [0, 0.05) is 9.89 Å². The topological polar surface area (TPSA) is 70.6 Å². The maximum Gasteiger partial charge on any atom is 0.259 e. The van der Waals surface area contributed by atoms with Gasteiger partial charge in [0.2, 0.25) is 5.91 Å². The lowest BCUT2D eigenvalue weighted by molar-refractivity contribution is -0.147. The molecule has 0 aromatic heterocycles. The third-order valence-electron chi connectivity index (χ3n) is 6.20. The SMILES string of the molecule is O=C(CNC(=O)C12CC3CC(CC(C3)C1)C2)NN=Cc1ccc(Br)cc1. The molecule has 4 fully saturated rings. The van der Waals surface area contributed by atoms with E-state index in [0.29, 0.717) is 0 Å². The van der Waals surface area contributed by atoms with Crippen molar-refractivity contribution >= 4 is 34.0 Å². The van der Waals surface area contributed by atoms with Gasteiger partial charge in [-0.25, -0.2) is 5.43 Å². The van der Waals surface area contributed by atoms with Gasteiger partial charge in [0.1, 0.15) is 0 Å².